The molecule has 2 heterocycles. The first kappa shape index (κ1) is 10.4. The van der Waals surface area contributed by atoms with Gasteiger partial charge in [0.25, 0.3) is 5.56 Å². The Bertz CT molecular complexity index is 586. The molecule has 0 N–H and O–H groups in total. The van der Waals surface area contributed by atoms with E-state index < -0.39 is 0 Å². The molecule has 0 aromatic carbocycles. The minimum atomic E-state index is -0.115. The van der Waals surface area contributed by atoms with Crippen LogP contribution in [-0.2, 0) is 0 Å². The largest absolute Gasteiger partial charge is 0.382 e. The highest BCUT2D eigenvalue weighted by molar-refractivity contribution is 5.72. The number of hydrogen-bond donors (Lipinski definition) is 0. The van der Waals surface area contributed by atoms with Gasteiger partial charge < -0.3 is 4.90 Å². The van der Waals surface area contributed by atoms with Crippen molar-refractivity contribution in [3.63, 3.8) is 0 Å². The maximum absolute atomic E-state index is 12.0. The Kier molecular flexibility index (Phi) is 2.68. The average molecular weight is 216 g/mol. The third-order valence-corrected chi connectivity index (χ3v) is 2.08. The minimum absolute atomic E-state index is 0.115. The van der Waals surface area contributed by atoms with Crippen LogP contribution in [0.5, 0.6) is 0 Å². The van der Waals surface area contributed by atoms with Gasteiger partial charge in [-0.3, -0.25) is 9.36 Å². The molecule has 16 heavy (non-hydrogen) atoms. The summed E-state index contributed by atoms with van der Waals surface area (Å²) < 4.78 is 1.43. The predicted molar refractivity (Wildman–Crippen MR) is 62.8 cm³/mol. The van der Waals surface area contributed by atoms with Crippen LogP contribution in [0.4, 0.5) is 0 Å². The van der Waals surface area contributed by atoms with Crippen molar-refractivity contribution in [3.05, 3.63) is 41.2 Å². The molecule has 0 aliphatic heterocycles. The SMILES string of the molecule is CN(C)/C=C/n1cnc2ncccc2c1=O. The number of hydrogen-bond acceptors (Lipinski definition) is 4. The van der Waals surface area contributed by atoms with E-state index in [1.807, 2.05) is 19.0 Å². The highest BCUT2D eigenvalue weighted by atomic mass is 16.1. The molecule has 0 amide bonds. The Hall–Kier alpha value is -2.17. The first-order chi connectivity index (χ1) is 7.68. The molecule has 0 fully saturated rings. The van der Waals surface area contributed by atoms with Gasteiger partial charge in [0.15, 0.2) is 5.65 Å². The highest BCUT2D eigenvalue weighted by Gasteiger charge is 2.01. The summed E-state index contributed by atoms with van der Waals surface area (Å²) >= 11 is 0. The Morgan fingerprint density at radius 3 is 2.94 bits per heavy atom. The topological polar surface area (TPSA) is 51.0 Å². The monoisotopic (exact) mass is 216 g/mol. The second-order valence-corrected chi connectivity index (χ2v) is 3.59. The van der Waals surface area contributed by atoms with Gasteiger partial charge in [-0.05, 0) is 12.1 Å². The second kappa shape index (κ2) is 4.14. The summed E-state index contributed by atoms with van der Waals surface area (Å²) in [5, 5.41) is 0.522. The lowest BCUT2D eigenvalue weighted by Crippen LogP contribution is -2.17. The molecule has 5 heteroatoms. The van der Waals surface area contributed by atoms with Crippen molar-refractivity contribution < 1.29 is 0 Å². The first-order valence-electron chi connectivity index (χ1n) is 4.85. The van der Waals surface area contributed by atoms with Crippen molar-refractivity contribution in [3.8, 4) is 0 Å². The molecule has 0 spiro atoms. The first-order valence-corrected chi connectivity index (χ1v) is 4.85. The third kappa shape index (κ3) is 1.93. The van der Waals surface area contributed by atoms with E-state index in [-0.39, 0.29) is 5.56 Å². The van der Waals surface area contributed by atoms with E-state index in [9.17, 15) is 4.79 Å². The van der Waals surface area contributed by atoms with E-state index in [1.54, 1.807) is 30.7 Å². The van der Waals surface area contributed by atoms with E-state index in [0.717, 1.165) is 0 Å². The number of rotatable bonds is 2. The molecule has 2 rings (SSSR count). The zero-order chi connectivity index (χ0) is 11.5. The molecule has 2 aromatic heterocycles. The Morgan fingerprint density at radius 2 is 2.19 bits per heavy atom. The molecule has 0 saturated carbocycles. The molecular weight excluding hydrogens is 204 g/mol. The molecule has 2 aromatic rings. The van der Waals surface area contributed by atoms with Gasteiger partial charge in [0.05, 0.1) is 5.39 Å². The summed E-state index contributed by atoms with van der Waals surface area (Å²) in [6.07, 6.45) is 6.54. The predicted octanol–water partition coefficient (Wildman–Crippen LogP) is 0.781. The molecule has 0 saturated heterocycles. The standard InChI is InChI=1S/C11H12N4O/c1-14(2)6-7-15-8-13-10-9(11(15)16)4-3-5-12-10/h3-8H,1-2H3/b7-6+. The molecule has 0 unspecified atom stereocenters. The Morgan fingerprint density at radius 1 is 1.38 bits per heavy atom. The van der Waals surface area contributed by atoms with Crippen LogP contribution in [0.25, 0.3) is 17.2 Å². The molecular formula is C11H12N4O. The van der Waals surface area contributed by atoms with Gasteiger partial charge in [-0.2, -0.15) is 0 Å². The molecule has 0 atom stereocenters. The van der Waals surface area contributed by atoms with Crippen LogP contribution in [0.3, 0.4) is 0 Å². The van der Waals surface area contributed by atoms with Gasteiger partial charge in [-0.1, -0.05) is 0 Å². The van der Waals surface area contributed by atoms with Crippen LogP contribution < -0.4 is 5.56 Å². The van der Waals surface area contributed by atoms with Crippen molar-refractivity contribution in [2.24, 2.45) is 0 Å². The fourth-order valence-corrected chi connectivity index (χ4v) is 1.29. The van der Waals surface area contributed by atoms with Crippen molar-refractivity contribution in [2.75, 3.05) is 14.1 Å². The van der Waals surface area contributed by atoms with Crippen molar-refractivity contribution in [2.45, 2.75) is 0 Å². The van der Waals surface area contributed by atoms with E-state index >= 15 is 0 Å². The normalized spacial score (nSPS) is 11.1. The zero-order valence-electron chi connectivity index (χ0n) is 9.16. The van der Waals surface area contributed by atoms with Crippen LogP contribution in [0.2, 0.25) is 0 Å². The van der Waals surface area contributed by atoms with Gasteiger partial charge in [0.1, 0.15) is 6.33 Å². The van der Waals surface area contributed by atoms with Crippen molar-refractivity contribution >= 4 is 17.2 Å². The van der Waals surface area contributed by atoms with Crippen LogP contribution >= 0.6 is 0 Å². The smallest absolute Gasteiger partial charge is 0.266 e. The molecule has 0 bridgehead atoms. The van der Waals surface area contributed by atoms with Crippen molar-refractivity contribution in [1.82, 2.24) is 19.4 Å². The maximum Gasteiger partial charge on any atom is 0.266 e. The number of nitrogens with zero attached hydrogens (tertiary/aromatic N) is 4. The highest BCUT2D eigenvalue weighted by Crippen LogP contribution is 2.00. The van der Waals surface area contributed by atoms with Gasteiger partial charge in [-0.25, -0.2) is 9.97 Å². The fraction of sp³-hybridized carbons (Fsp3) is 0.182. The van der Waals surface area contributed by atoms with E-state index in [4.69, 9.17) is 0 Å². The summed E-state index contributed by atoms with van der Waals surface area (Å²) in [4.78, 5) is 21.9. The van der Waals surface area contributed by atoms with Crippen LogP contribution in [0.1, 0.15) is 0 Å². The summed E-state index contributed by atoms with van der Waals surface area (Å²) in [7, 11) is 3.77. The Labute approximate surface area is 92.7 Å². The number of fused-ring (bicyclic) bond motifs is 1. The Balaban J connectivity index is 2.57. The molecule has 0 radical (unpaired) electrons. The summed E-state index contributed by atoms with van der Waals surface area (Å²) in [5.74, 6) is 0. The van der Waals surface area contributed by atoms with E-state index in [0.29, 0.717) is 11.0 Å². The van der Waals surface area contributed by atoms with E-state index in [2.05, 4.69) is 9.97 Å². The maximum atomic E-state index is 12.0. The van der Waals surface area contributed by atoms with Crippen LogP contribution in [-0.4, -0.2) is 33.5 Å². The summed E-state index contributed by atoms with van der Waals surface area (Å²) in [6.45, 7) is 0. The quantitative estimate of drug-likeness (QED) is 0.744. The summed E-state index contributed by atoms with van der Waals surface area (Å²) in [6, 6.07) is 3.45. The number of aromatic nitrogens is 3. The third-order valence-electron chi connectivity index (χ3n) is 2.08. The lowest BCUT2D eigenvalue weighted by atomic mass is 10.3. The second-order valence-electron chi connectivity index (χ2n) is 3.59. The van der Waals surface area contributed by atoms with Gasteiger partial charge in [0.2, 0.25) is 0 Å². The molecule has 0 aliphatic carbocycles. The zero-order valence-corrected chi connectivity index (χ0v) is 9.16. The van der Waals surface area contributed by atoms with Crippen LogP contribution in [0.15, 0.2) is 35.7 Å². The summed E-state index contributed by atoms with van der Waals surface area (Å²) in [5.41, 5.74) is 0.359. The fourth-order valence-electron chi connectivity index (χ4n) is 1.29. The lowest BCUT2D eigenvalue weighted by Gasteiger charge is -2.04. The van der Waals surface area contributed by atoms with Gasteiger partial charge >= 0.3 is 0 Å². The van der Waals surface area contributed by atoms with E-state index in [1.165, 1.54) is 10.9 Å². The van der Waals surface area contributed by atoms with Crippen LogP contribution in [0, 0.1) is 0 Å². The minimum Gasteiger partial charge on any atom is -0.382 e. The average Bonchev–Trinajstić information content (AvgIpc) is 2.28. The van der Waals surface area contributed by atoms with Gasteiger partial charge in [-0.15, -0.1) is 0 Å². The molecule has 0 aliphatic rings. The molecule has 5 nitrogen and oxygen atoms in total. The molecule has 82 valence electrons. The van der Waals surface area contributed by atoms with Gasteiger partial charge in [0, 0.05) is 32.7 Å². The number of pyridine rings is 1. The lowest BCUT2D eigenvalue weighted by molar-refractivity contribution is 0.565. The van der Waals surface area contributed by atoms with Crippen molar-refractivity contribution in [1.29, 1.82) is 0 Å².